The van der Waals surface area contributed by atoms with Gasteiger partial charge in [0, 0.05) is 0 Å². The SMILES string of the molecule is CC[C@]1(C)NC(=O)N(CC(=O)OCC(=O)Nc2ccc(C)cc2Cl)C1=O. The number of urea groups is 1. The summed E-state index contributed by atoms with van der Waals surface area (Å²) in [6.07, 6.45) is 0.392. The third kappa shape index (κ3) is 4.32. The molecule has 2 N–H and O–H groups in total. The maximum Gasteiger partial charge on any atom is 0.326 e. The summed E-state index contributed by atoms with van der Waals surface area (Å²) in [6.45, 7) is 4.08. The molecule has 1 aliphatic rings. The highest BCUT2D eigenvalue weighted by Gasteiger charge is 2.47. The minimum Gasteiger partial charge on any atom is -0.454 e. The molecule has 2 rings (SSSR count). The molecule has 0 spiro atoms. The minimum atomic E-state index is -1.03. The fourth-order valence-electron chi connectivity index (χ4n) is 2.36. The number of carbonyl (C=O) groups excluding carboxylic acids is 4. The third-order valence-corrected chi connectivity index (χ3v) is 4.42. The molecule has 0 radical (unpaired) electrons. The molecule has 140 valence electrons. The number of amides is 4. The molecule has 0 aromatic heterocycles. The van der Waals surface area contributed by atoms with Gasteiger partial charge in [0.05, 0.1) is 10.7 Å². The van der Waals surface area contributed by atoms with Gasteiger partial charge in [-0.15, -0.1) is 0 Å². The van der Waals surface area contributed by atoms with Crippen LogP contribution in [0.1, 0.15) is 25.8 Å². The van der Waals surface area contributed by atoms with E-state index in [1.165, 1.54) is 0 Å². The van der Waals surface area contributed by atoms with Crippen molar-refractivity contribution in [3.05, 3.63) is 28.8 Å². The van der Waals surface area contributed by atoms with Crippen molar-refractivity contribution >= 4 is 41.1 Å². The number of carbonyl (C=O) groups is 4. The molecule has 0 unspecified atom stereocenters. The smallest absolute Gasteiger partial charge is 0.326 e. The summed E-state index contributed by atoms with van der Waals surface area (Å²) in [7, 11) is 0. The first-order valence-corrected chi connectivity index (χ1v) is 8.40. The van der Waals surface area contributed by atoms with E-state index in [0.717, 1.165) is 10.5 Å². The lowest BCUT2D eigenvalue weighted by Gasteiger charge is -2.18. The Hall–Kier alpha value is -2.61. The van der Waals surface area contributed by atoms with Gasteiger partial charge in [-0.1, -0.05) is 24.6 Å². The van der Waals surface area contributed by atoms with E-state index in [4.69, 9.17) is 16.3 Å². The topological polar surface area (TPSA) is 105 Å². The molecule has 0 bridgehead atoms. The van der Waals surface area contributed by atoms with E-state index in [2.05, 4.69) is 10.6 Å². The highest BCUT2D eigenvalue weighted by Crippen LogP contribution is 2.23. The van der Waals surface area contributed by atoms with Crippen LogP contribution in [0.2, 0.25) is 5.02 Å². The summed E-state index contributed by atoms with van der Waals surface area (Å²) in [5.41, 5.74) is 0.301. The predicted octanol–water partition coefficient (Wildman–Crippen LogP) is 1.85. The molecule has 1 atom stereocenters. The van der Waals surface area contributed by atoms with Gasteiger partial charge >= 0.3 is 12.0 Å². The largest absolute Gasteiger partial charge is 0.454 e. The average molecular weight is 382 g/mol. The zero-order valence-corrected chi connectivity index (χ0v) is 15.5. The van der Waals surface area contributed by atoms with Crippen LogP contribution in [0.25, 0.3) is 0 Å². The minimum absolute atomic E-state index is 0.364. The second kappa shape index (κ2) is 7.74. The summed E-state index contributed by atoms with van der Waals surface area (Å²) in [4.78, 5) is 48.5. The Labute approximate surface area is 155 Å². The summed E-state index contributed by atoms with van der Waals surface area (Å²) in [5, 5.41) is 5.41. The number of rotatable bonds is 6. The van der Waals surface area contributed by atoms with Gasteiger partial charge in [0.1, 0.15) is 12.1 Å². The molecule has 1 saturated heterocycles. The first kappa shape index (κ1) is 19.7. The number of halogens is 1. The van der Waals surface area contributed by atoms with Gasteiger partial charge < -0.3 is 15.4 Å². The van der Waals surface area contributed by atoms with Crippen LogP contribution in [-0.2, 0) is 19.1 Å². The predicted molar refractivity (Wildman–Crippen MR) is 94.7 cm³/mol. The second-order valence-corrected chi connectivity index (χ2v) is 6.61. The molecular formula is C17H20ClN3O5. The van der Waals surface area contributed by atoms with E-state index < -0.39 is 42.5 Å². The molecule has 8 nitrogen and oxygen atoms in total. The van der Waals surface area contributed by atoms with E-state index in [0.29, 0.717) is 17.1 Å². The highest BCUT2D eigenvalue weighted by molar-refractivity contribution is 6.33. The number of benzene rings is 1. The Kier molecular flexibility index (Phi) is 5.86. The first-order chi connectivity index (χ1) is 12.2. The fourth-order valence-corrected chi connectivity index (χ4v) is 2.64. The maximum atomic E-state index is 12.2. The molecule has 0 aliphatic carbocycles. The second-order valence-electron chi connectivity index (χ2n) is 6.20. The van der Waals surface area contributed by atoms with E-state index >= 15 is 0 Å². The molecule has 9 heteroatoms. The Morgan fingerprint density at radius 1 is 1.35 bits per heavy atom. The Morgan fingerprint density at radius 3 is 2.62 bits per heavy atom. The van der Waals surface area contributed by atoms with Crippen molar-refractivity contribution in [2.24, 2.45) is 0 Å². The number of imide groups is 1. The molecule has 1 aliphatic heterocycles. The number of hydrogen-bond acceptors (Lipinski definition) is 5. The zero-order chi connectivity index (χ0) is 19.5. The molecule has 1 aromatic carbocycles. The highest BCUT2D eigenvalue weighted by atomic mass is 35.5. The average Bonchev–Trinajstić information content (AvgIpc) is 2.79. The summed E-state index contributed by atoms with van der Waals surface area (Å²) < 4.78 is 4.83. The van der Waals surface area contributed by atoms with Crippen molar-refractivity contribution in [1.29, 1.82) is 0 Å². The third-order valence-electron chi connectivity index (χ3n) is 4.10. The quantitative estimate of drug-likeness (QED) is 0.578. The normalized spacial score (nSPS) is 19.3. The van der Waals surface area contributed by atoms with Crippen molar-refractivity contribution in [1.82, 2.24) is 10.2 Å². The lowest BCUT2D eigenvalue weighted by molar-refractivity contribution is -0.150. The monoisotopic (exact) mass is 381 g/mol. The summed E-state index contributed by atoms with van der Waals surface area (Å²) in [5.74, 6) is -1.95. The number of aryl methyl sites for hydroxylation is 1. The number of nitrogens with one attached hydrogen (secondary N) is 2. The Morgan fingerprint density at radius 2 is 2.04 bits per heavy atom. The maximum absolute atomic E-state index is 12.2. The number of anilines is 1. The van der Waals surface area contributed by atoms with E-state index in [-0.39, 0.29) is 0 Å². The van der Waals surface area contributed by atoms with Crippen LogP contribution < -0.4 is 10.6 Å². The van der Waals surface area contributed by atoms with Gasteiger partial charge in [-0.05, 0) is 38.0 Å². The zero-order valence-electron chi connectivity index (χ0n) is 14.7. The fraction of sp³-hybridized carbons (Fsp3) is 0.412. The van der Waals surface area contributed by atoms with Crippen LogP contribution in [-0.4, -0.2) is 47.4 Å². The number of ether oxygens (including phenoxy) is 1. The van der Waals surface area contributed by atoms with Gasteiger partial charge in [-0.25, -0.2) is 4.79 Å². The number of esters is 1. The summed E-state index contributed by atoms with van der Waals surface area (Å²) >= 11 is 6.01. The molecule has 1 aromatic rings. The van der Waals surface area contributed by atoms with E-state index in [1.807, 2.05) is 6.92 Å². The molecule has 1 heterocycles. The van der Waals surface area contributed by atoms with Crippen LogP contribution >= 0.6 is 11.6 Å². The van der Waals surface area contributed by atoms with Crippen LogP contribution in [0.3, 0.4) is 0 Å². The number of hydrogen-bond donors (Lipinski definition) is 2. The molecule has 4 amide bonds. The Balaban J connectivity index is 1.86. The van der Waals surface area contributed by atoms with Crippen LogP contribution in [0.4, 0.5) is 10.5 Å². The lowest BCUT2D eigenvalue weighted by Crippen LogP contribution is -2.43. The van der Waals surface area contributed by atoms with Crippen LogP contribution in [0.15, 0.2) is 18.2 Å². The van der Waals surface area contributed by atoms with Crippen molar-refractivity contribution in [2.75, 3.05) is 18.5 Å². The van der Waals surface area contributed by atoms with Crippen molar-refractivity contribution in [3.8, 4) is 0 Å². The van der Waals surface area contributed by atoms with E-state index in [9.17, 15) is 19.2 Å². The molecule has 26 heavy (non-hydrogen) atoms. The standard InChI is InChI=1S/C17H20ClN3O5/c1-4-17(3)15(24)21(16(25)20-17)8-14(23)26-9-13(22)19-12-6-5-10(2)7-11(12)18/h5-7H,4,8-9H2,1-3H3,(H,19,22)(H,20,25)/t17-/m0/s1. The first-order valence-electron chi connectivity index (χ1n) is 8.02. The molecule has 0 saturated carbocycles. The van der Waals surface area contributed by atoms with Gasteiger partial charge in [0.25, 0.3) is 11.8 Å². The lowest BCUT2D eigenvalue weighted by atomic mass is 9.99. The van der Waals surface area contributed by atoms with Crippen molar-refractivity contribution in [3.63, 3.8) is 0 Å². The van der Waals surface area contributed by atoms with Crippen LogP contribution in [0.5, 0.6) is 0 Å². The molecule has 1 fully saturated rings. The van der Waals surface area contributed by atoms with Gasteiger partial charge in [0.2, 0.25) is 0 Å². The Bertz CT molecular complexity index is 767. The van der Waals surface area contributed by atoms with Crippen LogP contribution in [0, 0.1) is 6.92 Å². The van der Waals surface area contributed by atoms with Gasteiger partial charge in [0.15, 0.2) is 6.61 Å². The van der Waals surface area contributed by atoms with Crippen molar-refractivity contribution in [2.45, 2.75) is 32.7 Å². The molecular weight excluding hydrogens is 362 g/mol. The van der Waals surface area contributed by atoms with Gasteiger partial charge in [-0.3, -0.25) is 19.3 Å². The van der Waals surface area contributed by atoms with E-state index in [1.54, 1.807) is 32.0 Å². The van der Waals surface area contributed by atoms with Gasteiger partial charge in [-0.2, -0.15) is 0 Å². The summed E-state index contributed by atoms with van der Waals surface area (Å²) in [6, 6.07) is 4.43. The number of nitrogens with zero attached hydrogens (tertiary/aromatic N) is 1. The van der Waals surface area contributed by atoms with Crippen molar-refractivity contribution < 1.29 is 23.9 Å².